The van der Waals surface area contributed by atoms with Gasteiger partial charge in [-0.25, -0.2) is 4.79 Å². The van der Waals surface area contributed by atoms with Crippen LogP contribution in [0.25, 0.3) is 0 Å². The van der Waals surface area contributed by atoms with E-state index in [1.54, 1.807) is 0 Å². The Morgan fingerprint density at radius 2 is 2.11 bits per heavy atom. The van der Waals surface area contributed by atoms with Crippen LogP contribution in [0.2, 0.25) is 0 Å². The molecule has 0 unspecified atom stereocenters. The third-order valence-corrected chi connectivity index (χ3v) is 4.58. The van der Waals surface area contributed by atoms with Crippen molar-refractivity contribution in [3.05, 3.63) is 0 Å². The number of urea groups is 1. The summed E-state index contributed by atoms with van der Waals surface area (Å²) in [6.07, 6.45) is 2.88. The van der Waals surface area contributed by atoms with Gasteiger partial charge in [-0.05, 0) is 12.8 Å². The van der Waals surface area contributed by atoms with Gasteiger partial charge in [-0.1, -0.05) is 6.42 Å². The molecule has 2 amide bonds. The normalized spacial score (nSPS) is 28.4. The summed E-state index contributed by atoms with van der Waals surface area (Å²) in [6, 6.07) is 0.440. The summed E-state index contributed by atoms with van der Waals surface area (Å²) in [5.41, 5.74) is 0. The van der Waals surface area contributed by atoms with Gasteiger partial charge in [0.25, 0.3) is 0 Å². The maximum Gasteiger partial charge on any atom is 0.315 e. The summed E-state index contributed by atoms with van der Waals surface area (Å²) in [5.74, 6) is 0.236. The van der Waals surface area contributed by atoms with Crippen molar-refractivity contribution in [1.82, 2.24) is 10.6 Å². The van der Waals surface area contributed by atoms with Crippen molar-refractivity contribution in [3.8, 4) is 0 Å². The fraction of sp³-hybridized carbons (Fsp3) is 0.800. The Morgan fingerprint density at radius 1 is 1.39 bits per heavy atom. The zero-order valence-electron chi connectivity index (χ0n) is 9.70. The van der Waals surface area contributed by atoms with Gasteiger partial charge in [-0.15, -0.1) is 0 Å². The number of fused-ring (bicyclic) bond motifs is 1. The van der Waals surface area contributed by atoms with Crippen molar-refractivity contribution in [1.29, 1.82) is 0 Å². The van der Waals surface area contributed by atoms with Crippen LogP contribution in [0, 0.1) is 0 Å². The molecule has 0 saturated carbocycles. The van der Waals surface area contributed by atoms with Gasteiger partial charge in [0.05, 0.1) is 12.1 Å². The van der Waals surface area contributed by atoms with Crippen LogP contribution in [0.5, 0.6) is 0 Å². The van der Waals surface area contributed by atoms with E-state index in [0.29, 0.717) is 5.25 Å². The first-order valence-corrected chi connectivity index (χ1v) is 6.62. The molecule has 3 N–H and O–H groups in total. The molecule has 2 rings (SSSR count). The third kappa shape index (κ3) is 4.82. The van der Waals surface area contributed by atoms with Gasteiger partial charge in [0.2, 0.25) is 0 Å². The molecule has 0 aliphatic carbocycles. The van der Waals surface area contributed by atoms with E-state index in [1.807, 2.05) is 11.8 Å². The molecule has 18 heavy (non-hydrogen) atoms. The number of amides is 2. The van der Waals surface area contributed by atoms with E-state index in [2.05, 4.69) is 10.6 Å². The van der Waals surface area contributed by atoms with Crippen molar-refractivity contribution in [3.63, 3.8) is 0 Å². The number of hydrogen-bond acceptors (Lipinski definition) is 3. The second-order valence-electron chi connectivity index (χ2n) is 4.26. The van der Waals surface area contributed by atoms with Crippen LogP contribution >= 0.6 is 11.8 Å². The first kappa shape index (κ1) is 18.4. The number of carboxylic acids is 1. The fourth-order valence-corrected chi connectivity index (χ4v) is 3.81. The number of unbranched alkanes of at least 4 members (excludes halogenated alkanes) is 1. The van der Waals surface area contributed by atoms with E-state index in [1.165, 1.54) is 0 Å². The molecule has 104 valence electrons. The first-order valence-electron chi connectivity index (χ1n) is 5.57. The minimum atomic E-state index is -0.729. The average Bonchev–Trinajstić information content (AvgIpc) is 2.72. The quantitative estimate of drug-likeness (QED) is 0.365. The zero-order chi connectivity index (χ0) is 11.5. The molecular weight excluding hydrogens is 512 g/mol. The zero-order valence-corrected chi connectivity index (χ0v) is 15.1. The smallest absolute Gasteiger partial charge is 0.315 e. The average molecular weight is 529 g/mol. The monoisotopic (exact) mass is 528 g/mol. The van der Waals surface area contributed by atoms with Crippen LogP contribution < -0.4 is 10.6 Å². The van der Waals surface area contributed by atoms with E-state index in [9.17, 15) is 9.59 Å². The second kappa shape index (κ2) is 8.55. The summed E-state index contributed by atoms with van der Waals surface area (Å²) in [6.45, 7) is 0. The molecule has 0 spiro atoms. The number of thioether (sulfide) groups is 1. The van der Waals surface area contributed by atoms with Crippen molar-refractivity contribution < 1.29 is 55.2 Å². The predicted octanol–water partition coefficient (Wildman–Crippen LogP) is 0.792. The van der Waals surface area contributed by atoms with Gasteiger partial charge < -0.3 is 15.7 Å². The summed E-state index contributed by atoms with van der Waals surface area (Å²) in [4.78, 5) is 21.5. The maximum absolute atomic E-state index is 11.1. The van der Waals surface area contributed by atoms with E-state index in [-0.39, 0.29) is 65.1 Å². The third-order valence-electron chi connectivity index (χ3n) is 3.07. The van der Waals surface area contributed by atoms with E-state index < -0.39 is 5.97 Å². The molecule has 3 atom stereocenters. The molecule has 8 heteroatoms. The summed E-state index contributed by atoms with van der Waals surface area (Å²) < 4.78 is 0. The molecule has 2 heterocycles. The van der Waals surface area contributed by atoms with Gasteiger partial charge in [0.15, 0.2) is 0 Å². The molecular formula is C10H16N2O3ReSTc. The van der Waals surface area contributed by atoms with Gasteiger partial charge in [0, 0.05) is 58.0 Å². The van der Waals surface area contributed by atoms with Gasteiger partial charge in [-0.3, -0.25) is 4.79 Å². The Labute approximate surface area is 138 Å². The molecule has 2 aliphatic heterocycles. The number of carbonyl (C=O) groups is 2. The molecule has 0 bridgehead atoms. The predicted molar refractivity (Wildman–Crippen MR) is 61.6 cm³/mol. The van der Waals surface area contributed by atoms with E-state index in [4.69, 9.17) is 5.11 Å². The van der Waals surface area contributed by atoms with E-state index in [0.717, 1.165) is 25.0 Å². The summed E-state index contributed by atoms with van der Waals surface area (Å²) >= 11 is 1.87. The molecule has 2 radical (unpaired) electrons. The SMILES string of the molecule is O=C(O)CCCC[C@@H]1SC[C@@H]2NC(=O)N[C@@H]21.[Re].[Tc]. The fourth-order valence-electron chi connectivity index (χ4n) is 2.26. The molecule has 0 aromatic rings. The van der Waals surface area contributed by atoms with Gasteiger partial charge in [0.1, 0.15) is 0 Å². The molecule has 2 saturated heterocycles. The first-order chi connectivity index (χ1) is 7.66. The Morgan fingerprint density at radius 3 is 2.78 bits per heavy atom. The summed E-state index contributed by atoms with van der Waals surface area (Å²) in [5, 5.41) is 14.8. The molecule has 5 nitrogen and oxygen atoms in total. The Kier molecular flexibility index (Phi) is 8.74. The number of rotatable bonds is 5. The van der Waals surface area contributed by atoms with Crippen LogP contribution in [0.15, 0.2) is 0 Å². The largest absolute Gasteiger partial charge is 0.481 e. The minimum absolute atomic E-state index is 0. The van der Waals surface area contributed by atoms with Crippen molar-refractivity contribution in [2.45, 2.75) is 43.0 Å². The second-order valence-corrected chi connectivity index (χ2v) is 5.53. The Balaban J connectivity index is 0.00000144. The molecule has 0 aromatic carbocycles. The van der Waals surface area contributed by atoms with Crippen LogP contribution in [-0.2, 0) is 45.3 Å². The standard InChI is InChI=1S/C10H16N2O3S.Re.Tc/c13-8(14)4-2-1-3-7-9-6(5-16-7)11-10(15)12-9;;/h6-7,9H,1-5H2,(H,13,14)(H2,11,12,15);;/t6-,7-,9-;;/m0../s1. The van der Waals surface area contributed by atoms with Crippen molar-refractivity contribution >= 4 is 23.8 Å². The number of hydrogen-bond donors (Lipinski definition) is 3. The van der Waals surface area contributed by atoms with Crippen LogP contribution in [0.3, 0.4) is 0 Å². The van der Waals surface area contributed by atoms with Crippen molar-refractivity contribution in [2.24, 2.45) is 0 Å². The molecule has 0 aromatic heterocycles. The van der Waals surface area contributed by atoms with Crippen LogP contribution in [-0.4, -0.2) is 40.2 Å². The van der Waals surface area contributed by atoms with Gasteiger partial charge in [-0.2, -0.15) is 11.8 Å². The topological polar surface area (TPSA) is 78.4 Å². The maximum atomic E-state index is 11.1. The number of carbonyl (C=O) groups excluding carboxylic acids is 1. The Hall–Kier alpha value is 0.402. The summed E-state index contributed by atoms with van der Waals surface area (Å²) in [7, 11) is 0. The minimum Gasteiger partial charge on any atom is -0.481 e. The number of aliphatic carboxylic acids is 1. The van der Waals surface area contributed by atoms with Crippen molar-refractivity contribution in [2.75, 3.05) is 5.75 Å². The molecule has 2 fully saturated rings. The number of carboxylic acid groups (broad SMARTS) is 1. The van der Waals surface area contributed by atoms with Crippen LogP contribution in [0.4, 0.5) is 4.79 Å². The Bertz CT molecular complexity index is 309. The van der Waals surface area contributed by atoms with Crippen LogP contribution in [0.1, 0.15) is 25.7 Å². The number of nitrogens with one attached hydrogen (secondary N) is 2. The van der Waals surface area contributed by atoms with Gasteiger partial charge >= 0.3 is 12.0 Å². The van der Waals surface area contributed by atoms with E-state index >= 15 is 0 Å². The molecule has 2 aliphatic rings.